The molecule has 24 heavy (non-hydrogen) atoms. The number of hydrogen-bond donors (Lipinski definition) is 0. The molecule has 0 saturated heterocycles. The van der Waals surface area contributed by atoms with Gasteiger partial charge in [0.05, 0.1) is 0 Å². The fourth-order valence-electron chi connectivity index (χ4n) is 5.49. The third kappa shape index (κ3) is 1.93. The van der Waals surface area contributed by atoms with Crippen LogP contribution >= 0.6 is 23.2 Å². The van der Waals surface area contributed by atoms with Crippen molar-refractivity contribution in [1.29, 1.82) is 0 Å². The zero-order chi connectivity index (χ0) is 16.5. The molecule has 0 nitrogen and oxygen atoms in total. The van der Waals surface area contributed by atoms with Crippen LogP contribution in [0.3, 0.4) is 0 Å². The molecular formula is C22H20Cl2. The zero-order valence-electron chi connectivity index (χ0n) is 13.8. The molecule has 0 radical (unpaired) electrons. The van der Waals surface area contributed by atoms with E-state index < -0.39 is 0 Å². The van der Waals surface area contributed by atoms with Gasteiger partial charge in [0.25, 0.3) is 0 Å². The average molecular weight is 355 g/mol. The molecule has 1 saturated carbocycles. The summed E-state index contributed by atoms with van der Waals surface area (Å²) in [6.45, 7) is 2.36. The predicted molar refractivity (Wildman–Crippen MR) is 102 cm³/mol. The zero-order valence-corrected chi connectivity index (χ0v) is 15.3. The van der Waals surface area contributed by atoms with E-state index in [1.807, 2.05) is 12.1 Å². The van der Waals surface area contributed by atoms with Crippen molar-refractivity contribution in [3.05, 3.63) is 69.2 Å². The topological polar surface area (TPSA) is 0 Å². The molecule has 2 aromatic rings. The predicted octanol–water partition coefficient (Wildman–Crippen LogP) is 7.03. The van der Waals surface area contributed by atoms with Crippen LogP contribution in [0.1, 0.15) is 43.7 Å². The maximum Gasteiger partial charge on any atom is 0.0424 e. The molecule has 2 bridgehead atoms. The van der Waals surface area contributed by atoms with E-state index in [9.17, 15) is 0 Å². The standard InChI is InChI=1S/C22H20Cl2/c1-13-8-14-6-7-22(15(9-13)10-14)20-11-16(23)2-4-18(20)19-5-3-17(24)12-21(19)22/h2-5,9,11-14H,6-8,10H2,1H3. The first-order chi connectivity index (χ1) is 11.6. The second kappa shape index (κ2) is 5.13. The third-order valence-corrected chi connectivity index (χ3v) is 6.82. The van der Waals surface area contributed by atoms with Gasteiger partial charge in [-0.05, 0) is 84.0 Å². The van der Waals surface area contributed by atoms with E-state index in [1.165, 1.54) is 47.9 Å². The fraction of sp³-hybridized carbons (Fsp3) is 0.364. The van der Waals surface area contributed by atoms with E-state index in [0.717, 1.165) is 16.0 Å². The largest absolute Gasteiger partial charge is 0.0843 e. The molecule has 0 amide bonds. The van der Waals surface area contributed by atoms with Gasteiger partial charge in [-0.15, -0.1) is 0 Å². The van der Waals surface area contributed by atoms with Crippen LogP contribution in [0.25, 0.3) is 11.1 Å². The molecule has 2 unspecified atom stereocenters. The van der Waals surface area contributed by atoms with Gasteiger partial charge in [-0.2, -0.15) is 0 Å². The molecule has 1 spiro atoms. The number of benzene rings is 2. The lowest BCUT2D eigenvalue weighted by atomic mass is 9.58. The fourth-order valence-corrected chi connectivity index (χ4v) is 5.83. The van der Waals surface area contributed by atoms with Crippen molar-refractivity contribution in [3.8, 4) is 11.1 Å². The maximum atomic E-state index is 6.42. The van der Waals surface area contributed by atoms with Crippen LogP contribution in [0.4, 0.5) is 0 Å². The van der Waals surface area contributed by atoms with E-state index in [4.69, 9.17) is 23.2 Å². The number of halogens is 2. The van der Waals surface area contributed by atoms with E-state index in [1.54, 1.807) is 5.57 Å². The van der Waals surface area contributed by atoms with E-state index in [0.29, 0.717) is 5.92 Å². The molecule has 0 aromatic heterocycles. The monoisotopic (exact) mass is 354 g/mol. The van der Waals surface area contributed by atoms with Crippen molar-refractivity contribution in [2.24, 2.45) is 11.8 Å². The van der Waals surface area contributed by atoms with Crippen molar-refractivity contribution >= 4 is 23.2 Å². The molecule has 2 heteroatoms. The first-order valence-electron chi connectivity index (χ1n) is 8.89. The van der Waals surface area contributed by atoms with Crippen molar-refractivity contribution in [3.63, 3.8) is 0 Å². The van der Waals surface area contributed by atoms with Gasteiger partial charge in [0, 0.05) is 15.5 Å². The highest BCUT2D eigenvalue weighted by molar-refractivity contribution is 6.31. The van der Waals surface area contributed by atoms with E-state index >= 15 is 0 Å². The highest BCUT2D eigenvalue weighted by Crippen LogP contribution is 2.61. The van der Waals surface area contributed by atoms with Crippen LogP contribution in [0, 0.1) is 11.8 Å². The number of allylic oxidation sites excluding steroid dienone is 2. The summed E-state index contributed by atoms with van der Waals surface area (Å²) in [5, 5.41) is 1.66. The van der Waals surface area contributed by atoms with Gasteiger partial charge in [-0.25, -0.2) is 0 Å². The highest BCUT2D eigenvalue weighted by Gasteiger charge is 2.49. The molecule has 0 aliphatic heterocycles. The lowest BCUT2D eigenvalue weighted by molar-refractivity contribution is 0.284. The molecule has 0 heterocycles. The minimum absolute atomic E-state index is 0.00829. The van der Waals surface area contributed by atoms with Gasteiger partial charge in [-0.3, -0.25) is 0 Å². The normalized spacial score (nSPS) is 26.0. The van der Waals surface area contributed by atoms with Crippen molar-refractivity contribution < 1.29 is 0 Å². The molecule has 122 valence electrons. The summed E-state index contributed by atoms with van der Waals surface area (Å²) in [6.07, 6.45) is 7.57. The van der Waals surface area contributed by atoms with Gasteiger partial charge < -0.3 is 0 Å². The Hall–Kier alpha value is -1.24. The number of rotatable bonds is 0. The van der Waals surface area contributed by atoms with E-state index in [2.05, 4.69) is 37.3 Å². The second-order valence-electron chi connectivity index (χ2n) is 7.80. The number of hydrogen-bond acceptors (Lipinski definition) is 0. The van der Waals surface area contributed by atoms with Crippen LogP contribution < -0.4 is 0 Å². The molecule has 5 rings (SSSR count). The smallest absolute Gasteiger partial charge is 0.0424 e. The van der Waals surface area contributed by atoms with Gasteiger partial charge in [-0.1, -0.05) is 53.9 Å². The summed E-state index contributed by atoms with van der Waals surface area (Å²) in [5.41, 5.74) is 7.05. The molecule has 3 aliphatic rings. The van der Waals surface area contributed by atoms with Crippen LogP contribution in [-0.4, -0.2) is 0 Å². The molecule has 2 atom stereocenters. The minimum atomic E-state index is -0.00829. The van der Waals surface area contributed by atoms with Crippen LogP contribution in [0.5, 0.6) is 0 Å². The first kappa shape index (κ1) is 15.0. The van der Waals surface area contributed by atoms with Gasteiger partial charge in [0.15, 0.2) is 0 Å². The summed E-state index contributed by atoms with van der Waals surface area (Å²) in [4.78, 5) is 0. The maximum absolute atomic E-state index is 6.42. The Bertz CT molecular complexity index is 826. The highest BCUT2D eigenvalue weighted by atomic mass is 35.5. The molecular weight excluding hydrogens is 335 g/mol. The second-order valence-corrected chi connectivity index (χ2v) is 8.67. The minimum Gasteiger partial charge on any atom is -0.0843 e. The van der Waals surface area contributed by atoms with Gasteiger partial charge in [0.2, 0.25) is 0 Å². The first-order valence-corrected chi connectivity index (χ1v) is 9.65. The number of fused-ring (bicyclic) bond motifs is 8. The lowest BCUT2D eigenvalue weighted by Gasteiger charge is -2.45. The molecule has 1 fully saturated rings. The summed E-state index contributed by atoms with van der Waals surface area (Å²) in [5.74, 6) is 1.51. The summed E-state index contributed by atoms with van der Waals surface area (Å²) in [6, 6.07) is 12.8. The summed E-state index contributed by atoms with van der Waals surface area (Å²) in [7, 11) is 0. The quantitative estimate of drug-likeness (QED) is 0.445. The van der Waals surface area contributed by atoms with Crippen molar-refractivity contribution in [1.82, 2.24) is 0 Å². The summed E-state index contributed by atoms with van der Waals surface area (Å²) >= 11 is 12.8. The Kier molecular flexibility index (Phi) is 3.22. The Morgan fingerprint density at radius 2 is 1.58 bits per heavy atom. The molecule has 3 aliphatic carbocycles. The average Bonchev–Trinajstić information content (AvgIpc) is 2.81. The Morgan fingerprint density at radius 3 is 2.21 bits per heavy atom. The van der Waals surface area contributed by atoms with Gasteiger partial charge >= 0.3 is 0 Å². The van der Waals surface area contributed by atoms with Crippen LogP contribution in [0.2, 0.25) is 10.0 Å². The SMILES string of the molecule is CC1C=C2CC(CCC23c2cc(Cl)ccc2-c2ccc(Cl)cc23)C1. The van der Waals surface area contributed by atoms with Crippen LogP contribution in [-0.2, 0) is 5.41 Å². The molecule has 0 N–H and O–H groups in total. The lowest BCUT2D eigenvalue weighted by Crippen LogP contribution is -2.36. The van der Waals surface area contributed by atoms with Crippen molar-refractivity contribution in [2.75, 3.05) is 0 Å². The third-order valence-electron chi connectivity index (χ3n) is 6.35. The Labute approximate surface area is 153 Å². The van der Waals surface area contributed by atoms with Crippen LogP contribution in [0.15, 0.2) is 48.0 Å². The van der Waals surface area contributed by atoms with E-state index in [-0.39, 0.29) is 5.41 Å². The van der Waals surface area contributed by atoms with Crippen molar-refractivity contribution in [2.45, 2.75) is 38.0 Å². The van der Waals surface area contributed by atoms with Gasteiger partial charge in [0.1, 0.15) is 0 Å². The molecule has 2 aromatic carbocycles. The summed E-state index contributed by atoms with van der Waals surface area (Å²) < 4.78 is 0. The Balaban J connectivity index is 1.85. The Morgan fingerprint density at radius 1 is 0.958 bits per heavy atom.